The summed E-state index contributed by atoms with van der Waals surface area (Å²) >= 11 is 0. The highest BCUT2D eigenvalue weighted by Crippen LogP contribution is 2.40. The Morgan fingerprint density at radius 2 is 0.927 bits per heavy atom. The van der Waals surface area contributed by atoms with E-state index in [9.17, 15) is 0 Å². The van der Waals surface area contributed by atoms with Crippen molar-refractivity contribution in [3.63, 3.8) is 0 Å². The van der Waals surface area contributed by atoms with Gasteiger partial charge < -0.3 is 4.98 Å². The highest BCUT2D eigenvalue weighted by atomic mass is 14.7. The number of aromatic amines is 1. The van der Waals surface area contributed by atoms with Gasteiger partial charge in [-0.3, -0.25) is 0 Å². The highest BCUT2D eigenvalue weighted by Gasteiger charge is 2.14. The largest absolute Gasteiger partial charge is 0.354 e. The molecule has 1 nitrogen and oxygen atoms in total. The molecule has 0 bridgehead atoms. The highest BCUT2D eigenvalue weighted by molar-refractivity contribution is 6.26. The summed E-state index contributed by atoms with van der Waals surface area (Å²) in [5.74, 6) is 0. The van der Waals surface area contributed by atoms with Gasteiger partial charge in [0.05, 0.1) is 5.52 Å². The maximum atomic E-state index is 3.76. The molecule has 0 spiro atoms. The van der Waals surface area contributed by atoms with E-state index in [0.717, 1.165) is 0 Å². The van der Waals surface area contributed by atoms with Gasteiger partial charge in [-0.2, -0.15) is 0 Å². The Hall–Kier alpha value is -5.40. The fourth-order valence-electron chi connectivity index (χ4n) is 6.89. The van der Waals surface area contributed by atoms with Crippen LogP contribution in [0.2, 0.25) is 0 Å². The molecule has 0 saturated heterocycles. The maximum absolute atomic E-state index is 3.76. The van der Waals surface area contributed by atoms with Crippen LogP contribution in [0.4, 0.5) is 0 Å². The number of rotatable bonds is 2. The van der Waals surface area contributed by atoms with E-state index >= 15 is 0 Å². The van der Waals surface area contributed by atoms with Gasteiger partial charge in [0.25, 0.3) is 0 Å². The fourth-order valence-corrected chi connectivity index (χ4v) is 6.89. The van der Waals surface area contributed by atoms with Crippen molar-refractivity contribution in [2.24, 2.45) is 0 Å². The van der Waals surface area contributed by atoms with Crippen LogP contribution in [0.25, 0.3) is 87.1 Å². The van der Waals surface area contributed by atoms with Gasteiger partial charge in [0.15, 0.2) is 0 Å². The lowest BCUT2D eigenvalue weighted by Crippen LogP contribution is -1.86. The van der Waals surface area contributed by atoms with Crippen molar-refractivity contribution in [1.82, 2.24) is 4.98 Å². The van der Waals surface area contributed by atoms with Crippen LogP contribution in [-0.2, 0) is 0 Å². The lowest BCUT2D eigenvalue weighted by molar-refractivity contribution is 1.54. The molecule has 0 amide bonds. The van der Waals surface area contributed by atoms with Crippen LogP contribution in [0, 0.1) is 0 Å². The predicted molar refractivity (Wildman–Crippen MR) is 177 cm³/mol. The average Bonchev–Trinajstić information content (AvgIpc) is 3.44. The first-order valence-corrected chi connectivity index (χ1v) is 14.2. The summed E-state index contributed by atoms with van der Waals surface area (Å²) in [5.41, 5.74) is 7.26. The van der Waals surface area contributed by atoms with Crippen LogP contribution in [0.1, 0.15) is 0 Å². The third-order valence-corrected chi connectivity index (χ3v) is 8.77. The van der Waals surface area contributed by atoms with E-state index in [2.05, 4.69) is 151 Å². The molecule has 9 rings (SSSR count). The standard InChI is InChI=1S/C40H25N/c1-2-12-29-25(9-1)20-22-38-39(29)36-18-8-17-30(40(36)41-38)28-11-7-10-26(23-28)27-19-21-35-33-15-4-3-13-31(33)32-14-5-6-16-34(32)37(35)24-27/h1-24,41H. The smallest absolute Gasteiger partial charge is 0.0544 e. The monoisotopic (exact) mass is 519 g/mol. The maximum Gasteiger partial charge on any atom is 0.0544 e. The van der Waals surface area contributed by atoms with Crippen molar-refractivity contribution in [1.29, 1.82) is 0 Å². The quantitative estimate of drug-likeness (QED) is 0.219. The van der Waals surface area contributed by atoms with Gasteiger partial charge in [-0.25, -0.2) is 0 Å². The first-order valence-electron chi connectivity index (χ1n) is 14.2. The molecule has 8 aromatic carbocycles. The van der Waals surface area contributed by atoms with E-state index in [1.54, 1.807) is 0 Å². The number of para-hydroxylation sites is 1. The Kier molecular flexibility index (Phi) is 4.67. The zero-order valence-electron chi connectivity index (χ0n) is 22.4. The van der Waals surface area contributed by atoms with Crippen molar-refractivity contribution >= 4 is 64.9 Å². The molecule has 0 unspecified atom stereocenters. The van der Waals surface area contributed by atoms with Crippen LogP contribution in [0.15, 0.2) is 146 Å². The topological polar surface area (TPSA) is 15.8 Å². The number of nitrogens with one attached hydrogen (secondary N) is 1. The van der Waals surface area contributed by atoms with Gasteiger partial charge in [-0.1, -0.05) is 127 Å². The average molecular weight is 520 g/mol. The lowest BCUT2D eigenvalue weighted by atomic mass is 9.91. The van der Waals surface area contributed by atoms with Crippen LogP contribution in [0.3, 0.4) is 0 Å². The summed E-state index contributed by atoms with van der Waals surface area (Å²) in [4.78, 5) is 3.76. The second-order valence-corrected chi connectivity index (χ2v) is 11.0. The van der Waals surface area contributed by atoms with Crippen molar-refractivity contribution < 1.29 is 0 Å². The minimum absolute atomic E-state index is 1.18. The predicted octanol–water partition coefficient (Wildman–Crippen LogP) is 11.3. The number of fused-ring (bicyclic) bond motifs is 11. The van der Waals surface area contributed by atoms with Gasteiger partial charge >= 0.3 is 0 Å². The minimum atomic E-state index is 1.18. The Morgan fingerprint density at radius 1 is 0.341 bits per heavy atom. The summed E-state index contributed by atoms with van der Waals surface area (Å²) in [6.07, 6.45) is 0. The normalized spacial score (nSPS) is 11.9. The molecule has 0 aliphatic heterocycles. The first-order chi connectivity index (χ1) is 20.3. The Morgan fingerprint density at radius 3 is 1.71 bits per heavy atom. The third-order valence-electron chi connectivity index (χ3n) is 8.77. The van der Waals surface area contributed by atoms with Gasteiger partial charge in [0.1, 0.15) is 0 Å². The summed E-state index contributed by atoms with van der Waals surface area (Å²) in [7, 11) is 0. The van der Waals surface area contributed by atoms with E-state index in [-0.39, 0.29) is 0 Å². The second kappa shape index (κ2) is 8.55. The van der Waals surface area contributed by atoms with Crippen LogP contribution < -0.4 is 0 Å². The zero-order chi connectivity index (χ0) is 26.9. The second-order valence-electron chi connectivity index (χ2n) is 11.0. The minimum Gasteiger partial charge on any atom is -0.354 e. The fraction of sp³-hybridized carbons (Fsp3) is 0. The van der Waals surface area contributed by atoms with E-state index in [1.165, 1.54) is 87.1 Å². The molecule has 0 saturated carbocycles. The van der Waals surface area contributed by atoms with Crippen LogP contribution >= 0.6 is 0 Å². The molecule has 0 aliphatic rings. The molecule has 0 radical (unpaired) electrons. The molecule has 9 aromatic rings. The molecule has 41 heavy (non-hydrogen) atoms. The molecule has 0 atom stereocenters. The van der Waals surface area contributed by atoms with Gasteiger partial charge in [-0.05, 0) is 78.0 Å². The number of aromatic nitrogens is 1. The summed E-state index contributed by atoms with van der Waals surface area (Å²) in [5, 5.41) is 12.9. The molecule has 1 N–H and O–H groups in total. The zero-order valence-corrected chi connectivity index (χ0v) is 22.4. The summed E-state index contributed by atoms with van der Waals surface area (Å²) in [6, 6.07) is 53.2. The van der Waals surface area contributed by atoms with E-state index in [1.807, 2.05) is 0 Å². The molecule has 1 heteroatoms. The molecule has 190 valence electrons. The summed E-state index contributed by atoms with van der Waals surface area (Å²) < 4.78 is 0. The van der Waals surface area contributed by atoms with Crippen LogP contribution in [0.5, 0.6) is 0 Å². The molecular formula is C40H25N. The molecule has 1 aromatic heterocycles. The van der Waals surface area contributed by atoms with Gasteiger partial charge in [0.2, 0.25) is 0 Å². The van der Waals surface area contributed by atoms with Gasteiger partial charge in [-0.15, -0.1) is 0 Å². The van der Waals surface area contributed by atoms with E-state index < -0.39 is 0 Å². The number of H-pyrrole nitrogens is 1. The molecule has 0 aliphatic carbocycles. The Labute approximate surface area is 237 Å². The van der Waals surface area contributed by atoms with E-state index in [0.29, 0.717) is 0 Å². The number of benzene rings is 8. The van der Waals surface area contributed by atoms with E-state index in [4.69, 9.17) is 0 Å². The van der Waals surface area contributed by atoms with Gasteiger partial charge in [0, 0.05) is 21.9 Å². The summed E-state index contributed by atoms with van der Waals surface area (Å²) in [6.45, 7) is 0. The first kappa shape index (κ1) is 22.4. The van der Waals surface area contributed by atoms with Crippen molar-refractivity contribution in [3.8, 4) is 22.3 Å². The molecular weight excluding hydrogens is 494 g/mol. The number of hydrogen-bond donors (Lipinski definition) is 1. The van der Waals surface area contributed by atoms with Crippen molar-refractivity contribution in [2.75, 3.05) is 0 Å². The van der Waals surface area contributed by atoms with Crippen molar-refractivity contribution in [2.45, 2.75) is 0 Å². The number of hydrogen-bond acceptors (Lipinski definition) is 0. The Bertz CT molecular complexity index is 2440. The van der Waals surface area contributed by atoms with Crippen molar-refractivity contribution in [3.05, 3.63) is 146 Å². The Balaban J connectivity index is 1.25. The SMILES string of the molecule is c1cc(-c2ccc3c4ccccc4c4ccccc4c3c2)cc(-c2cccc3c2[nH]c2ccc4ccccc4c23)c1. The third kappa shape index (κ3) is 3.30. The van der Waals surface area contributed by atoms with Crippen LogP contribution in [-0.4, -0.2) is 4.98 Å². The lowest BCUT2D eigenvalue weighted by Gasteiger charge is -2.13. The molecule has 1 heterocycles. The molecule has 0 fully saturated rings.